The van der Waals surface area contributed by atoms with E-state index in [9.17, 15) is 4.79 Å². The van der Waals surface area contributed by atoms with Crippen molar-refractivity contribution in [2.24, 2.45) is 0 Å². The molecule has 1 atom stereocenters. The smallest absolute Gasteiger partial charge is 0.242 e. The molecule has 0 radical (unpaired) electrons. The largest absolute Gasteiger partial charge is 0.325 e. The second kappa shape index (κ2) is 5.56. The van der Waals surface area contributed by atoms with Gasteiger partial charge < -0.3 is 10.6 Å². The van der Waals surface area contributed by atoms with Crippen LogP contribution in [-0.4, -0.2) is 30.0 Å². The summed E-state index contributed by atoms with van der Waals surface area (Å²) in [7, 11) is 0. The fourth-order valence-corrected chi connectivity index (χ4v) is 2.72. The molecule has 4 heteroatoms. The zero-order valence-electron chi connectivity index (χ0n) is 10.2. The van der Waals surface area contributed by atoms with Crippen LogP contribution < -0.4 is 10.6 Å². The van der Waals surface area contributed by atoms with Crippen LogP contribution in [0.5, 0.6) is 0 Å². The number of anilines is 1. The van der Waals surface area contributed by atoms with Gasteiger partial charge in [0.2, 0.25) is 5.91 Å². The van der Waals surface area contributed by atoms with Gasteiger partial charge in [-0.15, -0.1) is 0 Å². The zero-order chi connectivity index (χ0) is 12.3. The molecule has 0 bridgehead atoms. The van der Waals surface area contributed by atoms with Crippen molar-refractivity contribution < 1.29 is 4.79 Å². The summed E-state index contributed by atoms with van der Waals surface area (Å²) in [6.45, 7) is 5.04. The third kappa shape index (κ3) is 3.23. The molecule has 0 aromatic heterocycles. The van der Waals surface area contributed by atoms with E-state index in [1.165, 1.54) is 11.1 Å². The third-order valence-electron chi connectivity index (χ3n) is 3.01. The molecule has 1 fully saturated rings. The lowest BCUT2D eigenvalue weighted by Gasteiger charge is -2.22. The Morgan fingerprint density at radius 1 is 1.41 bits per heavy atom. The lowest BCUT2D eigenvalue weighted by molar-refractivity contribution is -0.117. The summed E-state index contributed by atoms with van der Waals surface area (Å²) in [5.41, 5.74) is 3.33. The third-order valence-corrected chi connectivity index (χ3v) is 4.07. The van der Waals surface area contributed by atoms with Crippen LogP contribution in [0.1, 0.15) is 11.1 Å². The maximum atomic E-state index is 12.0. The van der Waals surface area contributed by atoms with Gasteiger partial charge in [0.25, 0.3) is 0 Å². The van der Waals surface area contributed by atoms with E-state index in [0.717, 1.165) is 23.7 Å². The number of hydrogen-bond acceptors (Lipinski definition) is 3. The highest BCUT2D eigenvalue weighted by molar-refractivity contribution is 7.99. The Morgan fingerprint density at radius 2 is 2.24 bits per heavy atom. The van der Waals surface area contributed by atoms with Crippen LogP contribution in [0.2, 0.25) is 0 Å². The summed E-state index contributed by atoms with van der Waals surface area (Å²) in [6, 6.07) is 5.95. The number of carbonyl (C=O) groups excluding carboxylic acids is 1. The first-order chi connectivity index (χ1) is 8.16. The molecule has 1 aliphatic heterocycles. The van der Waals surface area contributed by atoms with E-state index in [1.807, 2.05) is 30.0 Å². The number of thioether (sulfide) groups is 1. The van der Waals surface area contributed by atoms with Crippen molar-refractivity contribution in [1.82, 2.24) is 5.32 Å². The first-order valence-corrected chi connectivity index (χ1v) is 7.01. The summed E-state index contributed by atoms with van der Waals surface area (Å²) in [5, 5.41) is 6.20. The van der Waals surface area contributed by atoms with E-state index in [1.54, 1.807) is 0 Å². The van der Waals surface area contributed by atoms with Crippen LogP contribution in [0.15, 0.2) is 18.2 Å². The number of carbonyl (C=O) groups is 1. The van der Waals surface area contributed by atoms with Crippen LogP contribution in [0.25, 0.3) is 0 Å². The Hall–Kier alpha value is -1.00. The van der Waals surface area contributed by atoms with Gasteiger partial charge >= 0.3 is 0 Å². The fraction of sp³-hybridized carbons (Fsp3) is 0.462. The topological polar surface area (TPSA) is 41.1 Å². The zero-order valence-corrected chi connectivity index (χ0v) is 11.1. The Kier molecular flexibility index (Phi) is 4.07. The second-order valence-electron chi connectivity index (χ2n) is 4.37. The Balaban J connectivity index is 1.99. The van der Waals surface area contributed by atoms with Gasteiger partial charge in [0.05, 0.1) is 6.04 Å². The normalized spacial score (nSPS) is 20.0. The minimum atomic E-state index is -0.0599. The SMILES string of the molecule is Cc1ccc(NC(=O)C2CSCCN2)cc1C. The number of aryl methyl sites for hydroxylation is 2. The minimum Gasteiger partial charge on any atom is -0.325 e. The molecule has 1 heterocycles. The summed E-state index contributed by atoms with van der Waals surface area (Å²) < 4.78 is 0. The summed E-state index contributed by atoms with van der Waals surface area (Å²) in [6.07, 6.45) is 0. The number of benzene rings is 1. The van der Waals surface area contributed by atoms with Crippen molar-refractivity contribution >= 4 is 23.4 Å². The number of nitrogens with one attached hydrogen (secondary N) is 2. The fourth-order valence-electron chi connectivity index (χ4n) is 1.78. The molecular weight excluding hydrogens is 232 g/mol. The van der Waals surface area contributed by atoms with Gasteiger partial charge in [0.15, 0.2) is 0 Å². The van der Waals surface area contributed by atoms with E-state index in [0.29, 0.717) is 0 Å². The predicted octanol–water partition coefficient (Wildman–Crippen LogP) is 1.95. The molecule has 1 aromatic carbocycles. The molecule has 1 unspecified atom stereocenters. The first kappa shape index (κ1) is 12.5. The second-order valence-corrected chi connectivity index (χ2v) is 5.52. The molecule has 1 aliphatic rings. The van der Waals surface area contributed by atoms with Crippen LogP contribution in [0.4, 0.5) is 5.69 Å². The molecule has 0 aliphatic carbocycles. The molecule has 92 valence electrons. The van der Waals surface area contributed by atoms with Gasteiger partial charge in [-0.2, -0.15) is 11.8 Å². The monoisotopic (exact) mass is 250 g/mol. The average molecular weight is 250 g/mol. The molecule has 1 aromatic rings. The molecule has 2 N–H and O–H groups in total. The highest BCUT2D eigenvalue weighted by atomic mass is 32.2. The van der Waals surface area contributed by atoms with Crippen LogP contribution in [-0.2, 0) is 4.79 Å². The van der Waals surface area contributed by atoms with Gasteiger partial charge in [0.1, 0.15) is 0 Å². The van der Waals surface area contributed by atoms with E-state index in [4.69, 9.17) is 0 Å². The lowest BCUT2D eigenvalue weighted by Crippen LogP contribution is -2.46. The van der Waals surface area contributed by atoms with Crippen LogP contribution >= 0.6 is 11.8 Å². The Bertz CT molecular complexity index is 414. The molecule has 1 amide bonds. The van der Waals surface area contributed by atoms with Crippen LogP contribution in [0, 0.1) is 13.8 Å². The van der Waals surface area contributed by atoms with Crippen LogP contribution in [0.3, 0.4) is 0 Å². The van der Waals surface area contributed by atoms with Crippen molar-refractivity contribution in [1.29, 1.82) is 0 Å². The van der Waals surface area contributed by atoms with Crippen molar-refractivity contribution in [2.45, 2.75) is 19.9 Å². The highest BCUT2D eigenvalue weighted by Gasteiger charge is 2.20. The van der Waals surface area contributed by atoms with Crippen molar-refractivity contribution in [3.63, 3.8) is 0 Å². The maximum absolute atomic E-state index is 12.0. The van der Waals surface area contributed by atoms with Crippen molar-refractivity contribution in [3.05, 3.63) is 29.3 Å². The van der Waals surface area contributed by atoms with E-state index in [-0.39, 0.29) is 11.9 Å². The van der Waals surface area contributed by atoms with Crippen molar-refractivity contribution in [3.8, 4) is 0 Å². The minimum absolute atomic E-state index is 0.0599. The van der Waals surface area contributed by atoms with Crippen molar-refractivity contribution in [2.75, 3.05) is 23.4 Å². The Labute approximate surface area is 106 Å². The molecular formula is C13H18N2OS. The van der Waals surface area contributed by atoms with E-state index in [2.05, 4.69) is 24.5 Å². The highest BCUT2D eigenvalue weighted by Crippen LogP contribution is 2.15. The molecule has 2 rings (SSSR count). The van der Waals surface area contributed by atoms with Gasteiger partial charge in [-0.1, -0.05) is 6.07 Å². The number of amides is 1. The molecule has 0 saturated carbocycles. The summed E-state index contributed by atoms with van der Waals surface area (Å²) in [4.78, 5) is 12.0. The quantitative estimate of drug-likeness (QED) is 0.843. The summed E-state index contributed by atoms with van der Waals surface area (Å²) >= 11 is 1.82. The predicted molar refractivity (Wildman–Crippen MR) is 73.7 cm³/mol. The summed E-state index contributed by atoms with van der Waals surface area (Å²) in [5.74, 6) is 2.02. The molecule has 1 saturated heterocycles. The van der Waals surface area contributed by atoms with E-state index >= 15 is 0 Å². The van der Waals surface area contributed by atoms with Gasteiger partial charge in [-0.05, 0) is 37.1 Å². The Morgan fingerprint density at radius 3 is 2.88 bits per heavy atom. The van der Waals surface area contributed by atoms with E-state index < -0.39 is 0 Å². The van der Waals surface area contributed by atoms with Gasteiger partial charge in [0, 0.05) is 23.7 Å². The number of rotatable bonds is 2. The van der Waals surface area contributed by atoms with Gasteiger partial charge in [-0.3, -0.25) is 4.79 Å². The van der Waals surface area contributed by atoms with Gasteiger partial charge in [-0.25, -0.2) is 0 Å². The maximum Gasteiger partial charge on any atom is 0.242 e. The lowest BCUT2D eigenvalue weighted by atomic mass is 10.1. The molecule has 3 nitrogen and oxygen atoms in total. The molecule has 0 spiro atoms. The first-order valence-electron chi connectivity index (χ1n) is 5.86. The average Bonchev–Trinajstić information content (AvgIpc) is 2.35. The number of hydrogen-bond donors (Lipinski definition) is 2. The molecule has 17 heavy (non-hydrogen) atoms. The standard InChI is InChI=1S/C13H18N2OS/c1-9-3-4-11(7-10(9)2)15-13(16)12-8-17-6-5-14-12/h3-4,7,12,14H,5-6,8H2,1-2H3,(H,15,16).